The van der Waals surface area contributed by atoms with Crippen molar-refractivity contribution < 1.29 is 19.4 Å². The van der Waals surface area contributed by atoms with E-state index in [4.69, 9.17) is 4.74 Å². The van der Waals surface area contributed by atoms with Gasteiger partial charge in [0.25, 0.3) is 5.91 Å². The van der Waals surface area contributed by atoms with Crippen molar-refractivity contribution in [3.63, 3.8) is 0 Å². The highest BCUT2D eigenvalue weighted by Gasteiger charge is 2.49. The maximum absolute atomic E-state index is 13.3. The minimum atomic E-state index is -0.832. The molecule has 3 heterocycles. The Balaban J connectivity index is 1.27. The molecule has 3 aromatic rings. The van der Waals surface area contributed by atoms with E-state index in [1.165, 1.54) is 16.5 Å². The summed E-state index contributed by atoms with van der Waals surface area (Å²) in [7, 11) is 1.73. The monoisotopic (exact) mass is 554 g/mol. The first-order chi connectivity index (χ1) is 19.8. The molecule has 2 aromatic carbocycles. The van der Waals surface area contributed by atoms with E-state index >= 15 is 0 Å². The van der Waals surface area contributed by atoms with Gasteiger partial charge in [0.15, 0.2) is 0 Å². The van der Waals surface area contributed by atoms with Gasteiger partial charge in [-0.1, -0.05) is 12.1 Å². The fourth-order valence-electron chi connectivity index (χ4n) is 7.52. The van der Waals surface area contributed by atoms with E-state index in [1.807, 2.05) is 18.3 Å². The second-order valence-corrected chi connectivity index (χ2v) is 12.4. The highest BCUT2D eigenvalue weighted by Crippen LogP contribution is 2.57. The Morgan fingerprint density at radius 3 is 2.66 bits per heavy atom. The number of fused-ring (bicyclic) bond motifs is 1. The number of hydrogen-bond donors (Lipinski definition) is 2. The number of hydrogen-bond acceptors (Lipinski definition) is 5. The average Bonchev–Trinajstić information content (AvgIpc) is 3.48. The lowest BCUT2D eigenvalue weighted by Gasteiger charge is -2.53. The molecule has 0 radical (unpaired) electrons. The number of aromatic nitrogens is 1. The van der Waals surface area contributed by atoms with Crippen molar-refractivity contribution in [3.8, 4) is 11.8 Å². The Hall–Kier alpha value is -3.83. The summed E-state index contributed by atoms with van der Waals surface area (Å²) >= 11 is 0. The second kappa shape index (κ2) is 10.9. The van der Waals surface area contributed by atoms with Crippen LogP contribution in [0.2, 0.25) is 0 Å². The maximum Gasteiger partial charge on any atom is 0.308 e. The molecular formula is C33H38N4O4. The Morgan fingerprint density at radius 2 is 1.95 bits per heavy atom. The van der Waals surface area contributed by atoms with Gasteiger partial charge in [-0.05, 0) is 92.8 Å². The summed E-state index contributed by atoms with van der Waals surface area (Å²) < 4.78 is 5.85. The van der Waals surface area contributed by atoms with Gasteiger partial charge < -0.3 is 19.7 Å². The van der Waals surface area contributed by atoms with Crippen molar-refractivity contribution in [2.45, 2.75) is 58.0 Å². The number of aromatic amines is 1. The molecule has 3 fully saturated rings. The Morgan fingerprint density at radius 1 is 1.17 bits per heavy atom. The van der Waals surface area contributed by atoms with Gasteiger partial charge in [0, 0.05) is 59.8 Å². The molecule has 1 aromatic heterocycles. The van der Waals surface area contributed by atoms with Gasteiger partial charge in [-0.15, -0.1) is 0 Å². The molecule has 2 aliphatic heterocycles. The number of likely N-dealkylation sites (tertiary alicyclic amines) is 2. The van der Waals surface area contributed by atoms with Crippen LogP contribution in [-0.4, -0.2) is 58.5 Å². The number of benzene rings is 2. The normalized spacial score (nSPS) is 26.5. The quantitative estimate of drug-likeness (QED) is 0.406. The number of ether oxygens (including phenoxy) is 1. The number of aryl methyl sites for hydroxylation is 1. The molecule has 0 bridgehead atoms. The molecule has 214 valence electrons. The van der Waals surface area contributed by atoms with E-state index in [2.05, 4.69) is 47.1 Å². The summed E-state index contributed by atoms with van der Waals surface area (Å²) in [6.07, 6.45) is 7.28. The topological polar surface area (TPSA) is 110 Å². The molecule has 1 saturated carbocycles. The van der Waals surface area contributed by atoms with E-state index in [0.717, 1.165) is 55.6 Å². The molecule has 2 unspecified atom stereocenters. The molecular weight excluding hydrogens is 516 g/mol. The predicted molar refractivity (Wildman–Crippen MR) is 155 cm³/mol. The minimum Gasteiger partial charge on any atom is -0.496 e. The van der Waals surface area contributed by atoms with E-state index in [1.54, 1.807) is 12.0 Å². The first kappa shape index (κ1) is 27.3. The molecule has 41 heavy (non-hydrogen) atoms. The Bertz CT molecular complexity index is 1500. The van der Waals surface area contributed by atoms with Crippen molar-refractivity contribution in [2.75, 3.05) is 26.7 Å². The smallest absolute Gasteiger partial charge is 0.308 e. The van der Waals surface area contributed by atoms with Crippen LogP contribution in [0.4, 0.5) is 0 Å². The zero-order valence-corrected chi connectivity index (χ0v) is 23.9. The summed E-state index contributed by atoms with van der Waals surface area (Å²) in [5.41, 5.74) is 5.41. The molecule has 2 atom stereocenters. The van der Waals surface area contributed by atoms with Gasteiger partial charge in [0.2, 0.25) is 0 Å². The van der Waals surface area contributed by atoms with Crippen molar-refractivity contribution >= 4 is 22.8 Å². The molecule has 1 amide bonds. The number of piperidine rings is 2. The van der Waals surface area contributed by atoms with Crippen molar-refractivity contribution in [2.24, 2.45) is 17.3 Å². The third-order valence-corrected chi connectivity index (χ3v) is 9.83. The van der Waals surface area contributed by atoms with Crippen LogP contribution in [0.15, 0.2) is 42.6 Å². The van der Waals surface area contributed by atoms with Crippen molar-refractivity contribution in [3.05, 3.63) is 64.8 Å². The van der Waals surface area contributed by atoms with Crippen LogP contribution in [0.25, 0.3) is 10.9 Å². The number of carboxylic acids is 1. The molecule has 8 nitrogen and oxygen atoms in total. The summed E-state index contributed by atoms with van der Waals surface area (Å²) in [5, 5.41) is 20.1. The molecule has 2 N–H and O–H groups in total. The van der Waals surface area contributed by atoms with Crippen LogP contribution in [0.5, 0.6) is 5.75 Å². The number of aliphatic carboxylic acids is 1. The molecule has 1 aliphatic carbocycles. The van der Waals surface area contributed by atoms with Gasteiger partial charge in [-0.2, -0.15) is 5.26 Å². The van der Waals surface area contributed by atoms with Crippen LogP contribution in [0.1, 0.15) is 71.6 Å². The van der Waals surface area contributed by atoms with Gasteiger partial charge in [-0.3, -0.25) is 14.5 Å². The standard InChI is InChI=1S/C33H38N4O4/c1-21-14-29(41-2)27(26-9-11-35-30(21)26)20-36-13-10-33(15-22(16-33)18-34)17-28(36)23-5-7-24(8-6-23)31(38)37-12-3-4-25(19-37)32(39)40/h5-9,11,14,22,25,28,35H,3-4,10,12-13,15-17,19-20H2,1-2H3,(H,39,40). The first-order valence-electron chi connectivity index (χ1n) is 14.7. The number of methoxy groups -OCH3 is 1. The van der Waals surface area contributed by atoms with E-state index in [9.17, 15) is 20.0 Å². The molecule has 8 heteroatoms. The van der Waals surface area contributed by atoms with E-state index < -0.39 is 11.9 Å². The number of H-pyrrole nitrogens is 1. The van der Waals surface area contributed by atoms with Crippen molar-refractivity contribution in [1.82, 2.24) is 14.8 Å². The van der Waals surface area contributed by atoms with Crippen LogP contribution >= 0.6 is 0 Å². The van der Waals surface area contributed by atoms with Crippen molar-refractivity contribution in [1.29, 1.82) is 5.26 Å². The van der Waals surface area contributed by atoms with E-state index in [0.29, 0.717) is 24.9 Å². The average molecular weight is 555 g/mol. The second-order valence-electron chi connectivity index (χ2n) is 12.4. The highest BCUT2D eigenvalue weighted by molar-refractivity contribution is 5.94. The van der Waals surface area contributed by atoms with Crippen LogP contribution < -0.4 is 4.74 Å². The van der Waals surface area contributed by atoms with Gasteiger partial charge >= 0.3 is 5.97 Å². The van der Waals surface area contributed by atoms with Crippen LogP contribution in [0, 0.1) is 35.5 Å². The number of carboxylic acid groups (broad SMARTS) is 1. The predicted octanol–water partition coefficient (Wildman–Crippen LogP) is 5.68. The number of nitrogens with zero attached hydrogens (tertiary/aromatic N) is 3. The Kier molecular flexibility index (Phi) is 7.25. The molecule has 2 saturated heterocycles. The number of nitrogens with one attached hydrogen (secondary N) is 1. The molecule has 6 rings (SSSR count). The van der Waals surface area contributed by atoms with Gasteiger partial charge in [0.05, 0.1) is 19.1 Å². The van der Waals surface area contributed by atoms with Crippen LogP contribution in [0.3, 0.4) is 0 Å². The van der Waals surface area contributed by atoms with Crippen LogP contribution in [-0.2, 0) is 11.3 Å². The first-order valence-corrected chi connectivity index (χ1v) is 14.7. The lowest BCUT2D eigenvalue weighted by molar-refractivity contribution is -0.143. The summed E-state index contributed by atoms with van der Waals surface area (Å²) in [4.78, 5) is 32.4. The van der Waals surface area contributed by atoms with Gasteiger partial charge in [-0.25, -0.2) is 0 Å². The van der Waals surface area contributed by atoms with E-state index in [-0.39, 0.29) is 29.8 Å². The lowest BCUT2D eigenvalue weighted by atomic mass is 9.56. The third-order valence-electron chi connectivity index (χ3n) is 9.83. The SMILES string of the molecule is COc1cc(C)c2[nH]ccc2c1CN1CCC2(CC(C#N)C2)CC1c1ccc(C(=O)N2CCCC(C(=O)O)C2)cc1. The fourth-order valence-corrected chi connectivity index (χ4v) is 7.52. The Labute approximate surface area is 240 Å². The minimum absolute atomic E-state index is 0.102. The maximum atomic E-state index is 13.3. The number of carbonyl (C=O) groups excluding carboxylic acids is 1. The largest absolute Gasteiger partial charge is 0.496 e. The molecule has 3 aliphatic rings. The molecule has 1 spiro atoms. The fraction of sp³-hybridized carbons (Fsp3) is 0.485. The number of carbonyl (C=O) groups is 2. The third kappa shape index (κ3) is 5.08. The summed E-state index contributed by atoms with van der Waals surface area (Å²) in [5.74, 6) is -0.388. The lowest BCUT2D eigenvalue weighted by Crippen LogP contribution is -2.48. The number of rotatable bonds is 6. The zero-order valence-electron chi connectivity index (χ0n) is 23.9. The number of amides is 1. The summed E-state index contributed by atoms with van der Waals surface area (Å²) in [6.45, 7) is 4.62. The highest BCUT2D eigenvalue weighted by atomic mass is 16.5. The number of nitriles is 1. The van der Waals surface area contributed by atoms with Gasteiger partial charge in [0.1, 0.15) is 5.75 Å². The summed E-state index contributed by atoms with van der Waals surface area (Å²) in [6, 6.07) is 14.8. The zero-order chi connectivity index (χ0) is 28.7.